The molecular formula is C4H8IS+. The van der Waals surface area contributed by atoms with Gasteiger partial charge in [-0.05, 0) is 12.8 Å². The van der Waals surface area contributed by atoms with E-state index in [1.165, 1.54) is 24.3 Å². The zero-order valence-electron chi connectivity index (χ0n) is 3.61. The molecule has 1 heterocycles. The predicted molar refractivity (Wildman–Crippen MR) is 40.4 cm³/mol. The second kappa shape index (κ2) is 2.40. The molecule has 0 aliphatic carbocycles. The molecule has 0 amide bonds. The Bertz CT molecular complexity index is 40.8. The fourth-order valence-corrected chi connectivity index (χ4v) is 3.73. The summed E-state index contributed by atoms with van der Waals surface area (Å²) in [5.41, 5.74) is 0. The van der Waals surface area contributed by atoms with Gasteiger partial charge in [-0.3, -0.25) is 0 Å². The van der Waals surface area contributed by atoms with E-state index in [1.807, 2.05) is 0 Å². The average molecular weight is 215 g/mol. The third kappa shape index (κ3) is 1.30. The lowest BCUT2D eigenvalue weighted by molar-refractivity contribution is 0.949. The van der Waals surface area contributed by atoms with E-state index in [2.05, 4.69) is 21.2 Å². The van der Waals surface area contributed by atoms with E-state index >= 15 is 0 Å². The number of rotatable bonds is 0. The molecule has 0 atom stereocenters. The summed E-state index contributed by atoms with van der Waals surface area (Å²) in [7, 11) is 0.797. The van der Waals surface area contributed by atoms with Crippen LogP contribution in [0.25, 0.3) is 0 Å². The van der Waals surface area contributed by atoms with Crippen LogP contribution in [0, 0.1) is 0 Å². The van der Waals surface area contributed by atoms with Gasteiger partial charge in [0.15, 0.2) is 0 Å². The van der Waals surface area contributed by atoms with Crippen LogP contribution < -0.4 is 0 Å². The van der Waals surface area contributed by atoms with E-state index in [1.54, 1.807) is 0 Å². The van der Waals surface area contributed by atoms with Gasteiger partial charge in [0.05, 0.1) is 8.07 Å². The molecule has 0 N–H and O–H groups in total. The van der Waals surface area contributed by atoms with Crippen molar-refractivity contribution in [2.24, 2.45) is 0 Å². The monoisotopic (exact) mass is 215 g/mol. The van der Waals surface area contributed by atoms with Crippen LogP contribution in [-0.4, -0.2) is 11.5 Å². The molecule has 0 bridgehead atoms. The molecule has 1 aliphatic rings. The topological polar surface area (TPSA) is 0 Å². The number of hydrogen-bond donors (Lipinski definition) is 0. The standard InChI is InChI=1S/C4H8IS/c5-6-3-1-2-4-6/h1-4H2/q+1. The quantitative estimate of drug-likeness (QED) is 0.426. The van der Waals surface area contributed by atoms with Gasteiger partial charge in [-0.25, -0.2) is 0 Å². The Labute approximate surface area is 53.6 Å². The van der Waals surface area contributed by atoms with Crippen LogP contribution in [-0.2, 0) is 8.07 Å². The minimum Gasteiger partial charge on any atom is -0.00282 e. The summed E-state index contributed by atoms with van der Waals surface area (Å²) in [5.74, 6) is 3.00. The van der Waals surface area contributed by atoms with Crippen molar-refractivity contribution in [3.05, 3.63) is 0 Å². The summed E-state index contributed by atoms with van der Waals surface area (Å²) in [6.45, 7) is 0. The van der Waals surface area contributed by atoms with E-state index in [0.717, 1.165) is 8.07 Å². The second-order valence-electron chi connectivity index (χ2n) is 1.54. The molecule has 1 saturated heterocycles. The maximum atomic E-state index is 2.56. The molecule has 0 aromatic rings. The van der Waals surface area contributed by atoms with Crippen molar-refractivity contribution < 1.29 is 0 Å². The maximum absolute atomic E-state index is 2.56. The summed E-state index contributed by atoms with van der Waals surface area (Å²) >= 11 is 2.56. The van der Waals surface area contributed by atoms with Crippen LogP contribution in [0.1, 0.15) is 12.8 Å². The van der Waals surface area contributed by atoms with Gasteiger partial charge in [0.2, 0.25) is 0 Å². The minimum atomic E-state index is 0.797. The Kier molecular flexibility index (Phi) is 2.09. The SMILES string of the molecule is I[S+]1CCCC1. The van der Waals surface area contributed by atoms with Crippen LogP contribution in [0.15, 0.2) is 0 Å². The van der Waals surface area contributed by atoms with Gasteiger partial charge >= 0.3 is 0 Å². The highest BCUT2D eigenvalue weighted by Gasteiger charge is 2.19. The number of hydrogen-bond acceptors (Lipinski definition) is 0. The van der Waals surface area contributed by atoms with E-state index in [-0.39, 0.29) is 0 Å². The molecular weight excluding hydrogens is 207 g/mol. The van der Waals surface area contributed by atoms with E-state index < -0.39 is 0 Å². The summed E-state index contributed by atoms with van der Waals surface area (Å²) in [6, 6.07) is 0. The lowest BCUT2D eigenvalue weighted by Gasteiger charge is -1.76. The smallest absolute Gasteiger partial charge is 0.00282 e. The van der Waals surface area contributed by atoms with Gasteiger partial charge < -0.3 is 0 Å². The summed E-state index contributed by atoms with van der Waals surface area (Å²) < 4.78 is 0. The maximum Gasteiger partial charge on any atom is 0.250 e. The molecule has 0 unspecified atom stereocenters. The first-order valence-corrected chi connectivity index (χ1v) is 6.34. The summed E-state index contributed by atoms with van der Waals surface area (Å²) in [6.07, 6.45) is 2.98. The Morgan fingerprint density at radius 3 is 1.83 bits per heavy atom. The lowest BCUT2D eigenvalue weighted by Crippen LogP contribution is -1.87. The van der Waals surface area contributed by atoms with Crippen molar-refractivity contribution in [2.45, 2.75) is 12.8 Å². The number of halogens is 1. The Balaban J connectivity index is 2.18. The third-order valence-electron chi connectivity index (χ3n) is 0.982. The highest BCUT2D eigenvalue weighted by Crippen LogP contribution is 2.18. The largest absolute Gasteiger partial charge is 0.250 e. The highest BCUT2D eigenvalue weighted by atomic mass is 127. The highest BCUT2D eigenvalue weighted by molar-refractivity contribution is 14.2. The Morgan fingerprint density at radius 2 is 1.67 bits per heavy atom. The molecule has 1 aliphatic heterocycles. The molecule has 1 rings (SSSR count). The van der Waals surface area contributed by atoms with Crippen molar-refractivity contribution in [3.8, 4) is 0 Å². The molecule has 0 aromatic heterocycles. The molecule has 6 heavy (non-hydrogen) atoms. The van der Waals surface area contributed by atoms with E-state index in [4.69, 9.17) is 0 Å². The molecule has 0 nitrogen and oxygen atoms in total. The Hall–Kier alpha value is 1.08. The van der Waals surface area contributed by atoms with E-state index in [9.17, 15) is 0 Å². The van der Waals surface area contributed by atoms with Crippen LogP contribution in [0.4, 0.5) is 0 Å². The zero-order valence-corrected chi connectivity index (χ0v) is 6.59. The average Bonchev–Trinajstić information content (AvgIpc) is 1.86. The van der Waals surface area contributed by atoms with E-state index in [0.29, 0.717) is 0 Å². The molecule has 0 aromatic carbocycles. The van der Waals surface area contributed by atoms with Crippen LogP contribution in [0.2, 0.25) is 0 Å². The fourth-order valence-electron chi connectivity index (χ4n) is 0.619. The first kappa shape index (κ1) is 5.22. The lowest BCUT2D eigenvalue weighted by atomic mass is 10.4. The molecule has 36 valence electrons. The predicted octanol–water partition coefficient (Wildman–Crippen LogP) is 1.75. The van der Waals surface area contributed by atoms with Gasteiger partial charge in [-0.2, -0.15) is 0 Å². The molecule has 0 radical (unpaired) electrons. The third-order valence-corrected chi connectivity index (χ3v) is 5.09. The fraction of sp³-hybridized carbons (Fsp3) is 1.00. The summed E-state index contributed by atoms with van der Waals surface area (Å²) in [5, 5.41) is 0. The van der Waals surface area contributed by atoms with Gasteiger partial charge in [0.25, 0.3) is 21.2 Å². The first-order chi connectivity index (χ1) is 2.89. The van der Waals surface area contributed by atoms with Gasteiger partial charge in [-0.15, -0.1) is 0 Å². The van der Waals surface area contributed by atoms with Crippen molar-refractivity contribution in [3.63, 3.8) is 0 Å². The molecule has 1 fully saturated rings. The van der Waals surface area contributed by atoms with Crippen molar-refractivity contribution in [1.29, 1.82) is 0 Å². The summed E-state index contributed by atoms with van der Waals surface area (Å²) in [4.78, 5) is 0. The van der Waals surface area contributed by atoms with Crippen LogP contribution in [0.3, 0.4) is 0 Å². The van der Waals surface area contributed by atoms with Gasteiger partial charge in [0, 0.05) is 0 Å². The molecule has 0 spiro atoms. The van der Waals surface area contributed by atoms with Crippen molar-refractivity contribution >= 4 is 29.3 Å². The minimum absolute atomic E-state index is 0.797. The zero-order chi connectivity index (χ0) is 4.41. The molecule has 0 saturated carbocycles. The second-order valence-corrected chi connectivity index (χ2v) is 6.94. The van der Waals surface area contributed by atoms with Crippen LogP contribution >= 0.6 is 21.2 Å². The molecule has 2 heteroatoms. The normalized spacial score (nSPS) is 25.5. The van der Waals surface area contributed by atoms with Crippen LogP contribution in [0.5, 0.6) is 0 Å². The Morgan fingerprint density at radius 1 is 1.17 bits per heavy atom. The van der Waals surface area contributed by atoms with Gasteiger partial charge in [0.1, 0.15) is 11.5 Å². The van der Waals surface area contributed by atoms with Gasteiger partial charge in [-0.1, -0.05) is 0 Å². The van der Waals surface area contributed by atoms with Crippen molar-refractivity contribution in [2.75, 3.05) is 11.5 Å². The van der Waals surface area contributed by atoms with Crippen molar-refractivity contribution in [1.82, 2.24) is 0 Å². The first-order valence-electron chi connectivity index (χ1n) is 2.23.